The summed E-state index contributed by atoms with van der Waals surface area (Å²) >= 11 is 1.47. The molecule has 0 unspecified atom stereocenters. The van der Waals surface area contributed by atoms with Crippen LogP contribution in [-0.4, -0.2) is 30.9 Å². The molecule has 13 heavy (non-hydrogen) atoms. The van der Waals surface area contributed by atoms with Gasteiger partial charge in [0.25, 0.3) is 5.91 Å². The van der Waals surface area contributed by atoms with Gasteiger partial charge in [-0.1, -0.05) is 6.07 Å². The molecule has 3 nitrogen and oxygen atoms in total. The maximum absolute atomic E-state index is 11.6. The predicted octanol–water partition coefficient (Wildman–Crippen LogP) is 1.17. The van der Waals surface area contributed by atoms with Gasteiger partial charge in [0, 0.05) is 13.6 Å². The average Bonchev–Trinajstić information content (AvgIpc) is 2.65. The molecule has 1 rings (SSSR count). The normalized spacial score (nSPS) is 10.0. The van der Waals surface area contributed by atoms with Crippen LogP contribution in [0.15, 0.2) is 17.5 Å². The van der Waals surface area contributed by atoms with Gasteiger partial charge in [0.05, 0.1) is 4.88 Å². The van der Waals surface area contributed by atoms with Crippen LogP contribution in [0.4, 0.5) is 0 Å². The maximum atomic E-state index is 11.6. The summed E-state index contributed by atoms with van der Waals surface area (Å²) in [5, 5.41) is 1.91. The number of carbonyl (C=O) groups is 1. The Labute approximate surface area is 82.2 Å². The fourth-order valence-electron chi connectivity index (χ4n) is 1.02. The first-order valence-electron chi connectivity index (χ1n) is 4.24. The first-order chi connectivity index (χ1) is 6.25. The van der Waals surface area contributed by atoms with Crippen molar-refractivity contribution in [1.29, 1.82) is 0 Å². The van der Waals surface area contributed by atoms with Gasteiger partial charge in [0.1, 0.15) is 0 Å². The van der Waals surface area contributed by atoms with E-state index in [-0.39, 0.29) is 5.91 Å². The van der Waals surface area contributed by atoms with E-state index in [0.717, 1.165) is 17.8 Å². The minimum atomic E-state index is 0.0865. The van der Waals surface area contributed by atoms with Crippen molar-refractivity contribution in [2.24, 2.45) is 5.73 Å². The molecule has 0 atom stereocenters. The highest BCUT2D eigenvalue weighted by Crippen LogP contribution is 2.10. The molecule has 0 saturated carbocycles. The second kappa shape index (κ2) is 4.99. The summed E-state index contributed by atoms with van der Waals surface area (Å²) in [7, 11) is 1.80. The van der Waals surface area contributed by atoms with Crippen molar-refractivity contribution in [3.63, 3.8) is 0 Å². The molecule has 4 heteroatoms. The molecule has 0 saturated heterocycles. The molecule has 0 radical (unpaired) electrons. The molecule has 1 amide bonds. The van der Waals surface area contributed by atoms with E-state index in [1.54, 1.807) is 11.9 Å². The lowest BCUT2D eigenvalue weighted by atomic mass is 10.3. The SMILES string of the molecule is CN(CCCN)C(=O)c1cccs1. The molecule has 0 aliphatic heterocycles. The summed E-state index contributed by atoms with van der Waals surface area (Å²) in [5.41, 5.74) is 5.36. The van der Waals surface area contributed by atoms with E-state index in [0.29, 0.717) is 6.54 Å². The number of hydrogen-bond acceptors (Lipinski definition) is 3. The van der Waals surface area contributed by atoms with Gasteiger partial charge in [-0.25, -0.2) is 0 Å². The molecule has 0 aromatic carbocycles. The van der Waals surface area contributed by atoms with Crippen molar-refractivity contribution in [2.75, 3.05) is 20.1 Å². The molecule has 0 aliphatic rings. The third-order valence-electron chi connectivity index (χ3n) is 1.78. The van der Waals surface area contributed by atoms with Crippen molar-refractivity contribution in [3.05, 3.63) is 22.4 Å². The standard InChI is InChI=1S/C9H14N2OS/c1-11(6-3-5-10)9(12)8-4-2-7-13-8/h2,4,7H,3,5-6,10H2,1H3. The van der Waals surface area contributed by atoms with E-state index in [2.05, 4.69) is 0 Å². The van der Waals surface area contributed by atoms with Gasteiger partial charge >= 0.3 is 0 Å². The zero-order valence-electron chi connectivity index (χ0n) is 7.69. The minimum absolute atomic E-state index is 0.0865. The number of thiophene rings is 1. The van der Waals surface area contributed by atoms with Gasteiger partial charge in [-0.05, 0) is 24.4 Å². The van der Waals surface area contributed by atoms with Gasteiger partial charge in [0.15, 0.2) is 0 Å². The number of hydrogen-bond donors (Lipinski definition) is 1. The summed E-state index contributed by atoms with van der Waals surface area (Å²) in [5.74, 6) is 0.0865. The van der Waals surface area contributed by atoms with Crippen LogP contribution >= 0.6 is 11.3 Å². The van der Waals surface area contributed by atoms with Gasteiger partial charge < -0.3 is 10.6 Å². The lowest BCUT2D eigenvalue weighted by molar-refractivity contribution is 0.0799. The fourth-order valence-corrected chi connectivity index (χ4v) is 1.74. The Morgan fingerprint density at radius 1 is 1.69 bits per heavy atom. The molecule has 1 aromatic rings. The smallest absolute Gasteiger partial charge is 0.263 e. The van der Waals surface area contributed by atoms with Crippen LogP contribution < -0.4 is 5.73 Å². The zero-order chi connectivity index (χ0) is 9.68. The summed E-state index contributed by atoms with van der Waals surface area (Å²) < 4.78 is 0. The average molecular weight is 198 g/mol. The molecule has 2 N–H and O–H groups in total. The highest BCUT2D eigenvalue weighted by atomic mass is 32.1. The molecule has 0 fully saturated rings. The number of rotatable bonds is 4. The minimum Gasteiger partial charge on any atom is -0.341 e. The summed E-state index contributed by atoms with van der Waals surface area (Å²) in [6.07, 6.45) is 0.855. The van der Waals surface area contributed by atoms with Gasteiger partial charge in [-0.15, -0.1) is 11.3 Å². The third-order valence-corrected chi connectivity index (χ3v) is 2.63. The molecular weight excluding hydrogens is 184 g/mol. The van der Waals surface area contributed by atoms with Crippen molar-refractivity contribution >= 4 is 17.2 Å². The first-order valence-corrected chi connectivity index (χ1v) is 5.12. The Bertz CT molecular complexity index is 259. The number of amides is 1. The van der Waals surface area contributed by atoms with E-state index in [4.69, 9.17) is 5.73 Å². The molecule has 1 heterocycles. The third kappa shape index (κ3) is 2.82. The van der Waals surface area contributed by atoms with E-state index in [1.165, 1.54) is 11.3 Å². The largest absolute Gasteiger partial charge is 0.341 e. The van der Waals surface area contributed by atoms with Crippen LogP contribution in [0.5, 0.6) is 0 Å². The molecule has 0 aliphatic carbocycles. The number of nitrogens with zero attached hydrogens (tertiary/aromatic N) is 1. The Kier molecular flexibility index (Phi) is 3.92. The number of carbonyl (C=O) groups excluding carboxylic acids is 1. The highest BCUT2D eigenvalue weighted by molar-refractivity contribution is 7.12. The Hall–Kier alpha value is -0.870. The van der Waals surface area contributed by atoms with Crippen LogP contribution in [-0.2, 0) is 0 Å². The number of nitrogens with two attached hydrogens (primary N) is 1. The Morgan fingerprint density at radius 3 is 3.00 bits per heavy atom. The first kappa shape index (κ1) is 10.2. The van der Waals surface area contributed by atoms with E-state index >= 15 is 0 Å². The molecule has 0 bridgehead atoms. The topological polar surface area (TPSA) is 46.3 Å². The van der Waals surface area contributed by atoms with E-state index in [9.17, 15) is 4.79 Å². The van der Waals surface area contributed by atoms with E-state index in [1.807, 2.05) is 17.5 Å². The zero-order valence-corrected chi connectivity index (χ0v) is 8.51. The van der Waals surface area contributed by atoms with Gasteiger partial charge in [-0.3, -0.25) is 4.79 Å². The molecule has 72 valence electrons. The van der Waals surface area contributed by atoms with Crippen LogP contribution in [0, 0.1) is 0 Å². The van der Waals surface area contributed by atoms with E-state index < -0.39 is 0 Å². The summed E-state index contributed by atoms with van der Waals surface area (Å²) in [6, 6.07) is 3.72. The molecular formula is C9H14N2OS. The van der Waals surface area contributed by atoms with Crippen molar-refractivity contribution in [3.8, 4) is 0 Å². The van der Waals surface area contributed by atoms with Crippen LogP contribution in [0.3, 0.4) is 0 Å². The van der Waals surface area contributed by atoms with Crippen LogP contribution in [0.25, 0.3) is 0 Å². The van der Waals surface area contributed by atoms with Gasteiger partial charge in [-0.2, -0.15) is 0 Å². The highest BCUT2D eigenvalue weighted by Gasteiger charge is 2.10. The summed E-state index contributed by atoms with van der Waals surface area (Å²) in [4.78, 5) is 14.1. The van der Waals surface area contributed by atoms with Crippen molar-refractivity contribution < 1.29 is 4.79 Å². The maximum Gasteiger partial charge on any atom is 0.263 e. The lowest BCUT2D eigenvalue weighted by Crippen LogP contribution is -2.28. The second-order valence-corrected chi connectivity index (χ2v) is 3.79. The Morgan fingerprint density at radius 2 is 2.46 bits per heavy atom. The summed E-state index contributed by atoms with van der Waals surface area (Å²) in [6.45, 7) is 1.36. The van der Waals surface area contributed by atoms with Crippen LogP contribution in [0.2, 0.25) is 0 Å². The Balaban J connectivity index is 2.48. The second-order valence-electron chi connectivity index (χ2n) is 2.85. The fraction of sp³-hybridized carbons (Fsp3) is 0.444. The van der Waals surface area contributed by atoms with Crippen LogP contribution in [0.1, 0.15) is 16.1 Å². The monoisotopic (exact) mass is 198 g/mol. The van der Waals surface area contributed by atoms with Crippen molar-refractivity contribution in [1.82, 2.24) is 4.90 Å². The molecule has 1 aromatic heterocycles. The van der Waals surface area contributed by atoms with Gasteiger partial charge in [0.2, 0.25) is 0 Å². The lowest BCUT2D eigenvalue weighted by Gasteiger charge is -2.15. The van der Waals surface area contributed by atoms with Crippen molar-refractivity contribution in [2.45, 2.75) is 6.42 Å². The molecule has 0 spiro atoms. The quantitative estimate of drug-likeness (QED) is 0.789. The predicted molar refractivity (Wildman–Crippen MR) is 55.0 cm³/mol.